The number of benzene rings is 1. The zero-order valence-electron chi connectivity index (χ0n) is 8.10. The van der Waals surface area contributed by atoms with Crippen molar-refractivity contribution in [2.45, 2.75) is 6.42 Å². The minimum Gasteiger partial charge on any atom is -0.294 e. The molecular weight excluding hydrogens is 186 g/mol. The van der Waals surface area contributed by atoms with Gasteiger partial charge < -0.3 is 0 Å². The maximum atomic E-state index is 11.4. The van der Waals surface area contributed by atoms with Gasteiger partial charge in [-0.25, -0.2) is 0 Å². The summed E-state index contributed by atoms with van der Waals surface area (Å²) in [7, 11) is 0. The Bertz CT molecular complexity index is 670. The largest absolute Gasteiger partial charge is 0.294 e. The molecule has 1 aromatic carbocycles. The second kappa shape index (κ2) is 3.02. The molecule has 72 valence electrons. The Balaban J connectivity index is 2.59. The molecule has 0 radical (unpaired) electrons. The average molecular weight is 195 g/mol. The number of ketones is 1. The molecule has 2 aromatic rings. The van der Waals surface area contributed by atoms with Gasteiger partial charge in [0.25, 0.3) is 0 Å². The highest BCUT2D eigenvalue weighted by molar-refractivity contribution is 6.10. The minimum absolute atomic E-state index is 0.153. The fourth-order valence-electron chi connectivity index (χ4n) is 1.94. The molecule has 1 heterocycles. The fourth-order valence-corrected chi connectivity index (χ4v) is 1.94. The summed E-state index contributed by atoms with van der Waals surface area (Å²) in [6, 6.07) is 8.00. The second-order valence-electron chi connectivity index (χ2n) is 3.66. The first-order valence-corrected chi connectivity index (χ1v) is 4.93. The molecule has 2 nitrogen and oxygen atoms in total. The minimum atomic E-state index is 0.153. The SMILES string of the molecule is O=C1C=c2c(ccc3cccnc23)=CC1. The van der Waals surface area contributed by atoms with E-state index in [-0.39, 0.29) is 5.78 Å². The number of rotatable bonds is 0. The molecule has 0 saturated carbocycles. The van der Waals surface area contributed by atoms with Crippen molar-refractivity contribution in [1.82, 2.24) is 4.98 Å². The van der Waals surface area contributed by atoms with Crippen molar-refractivity contribution in [2.24, 2.45) is 0 Å². The van der Waals surface area contributed by atoms with E-state index >= 15 is 0 Å². The predicted octanol–water partition coefficient (Wildman–Crippen LogP) is 0.769. The van der Waals surface area contributed by atoms with Crippen molar-refractivity contribution in [1.29, 1.82) is 0 Å². The number of fused-ring (bicyclic) bond motifs is 3. The molecule has 0 saturated heterocycles. The molecule has 1 aliphatic rings. The average Bonchev–Trinajstić information content (AvgIpc) is 2.29. The highest BCUT2D eigenvalue weighted by Crippen LogP contribution is 2.04. The molecular formula is C13H9NO. The third-order valence-electron chi connectivity index (χ3n) is 2.68. The number of carbonyl (C=O) groups excluding carboxylic acids is 1. The molecule has 3 rings (SSSR count). The number of nitrogens with zero attached hydrogens (tertiary/aromatic N) is 1. The van der Waals surface area contributed by atoms with E-state index in [0.29, 0.717) is 6.42 Å². The summed E-state index contributed by atoms with van der Waals surface area (Å²) in [5.41, 5.74) is 0.916. The lowest BCUT2D eigenvalue weighted by Gasteiger charge is -2.02. The lowest BCUT2D eigenvalue weighted by Crippen LogP contribution is -2.30. The molecule has 1 aromatic heterocycles. The van der Waals surface area contributed by atoms with E-state index in [1.165, 1.54) is 0 Å². The van der Waals surface area contributed by atoms with Gasteiger partial charge in [-0.05, 0) is 17.4 Å². The van der Waals surface area contributed by atoms with Crippen LogP contribution in [0.2, 0.25) is 0 Å². The molecule has 0 fully saturated rings. The third kappa shape index (κ3) is 1.26. The monoisotopic (exact) mass is 195 g/mol. The van der Waals surface area contributed by atoms with E-state index in [9.17, 15) is 4.79 Å². The van der Waals surface area contributed by atoms with Gasteiger partial charge in [0.1, 0.15) is 0 Å². The van der Waals surface area contributed by atoms with Crippen LogP contribution in [0.4, 0.5) is 0 Å². The molecule has 0 N–H and O–H groups in total. The second-order valence-corrected chi connectivity index (χ2v) is 3.66. The summed E-state index contributed by atoms with van der Waals surface area (Å²) in [4.78, 5) is 15.7. The van der Waals surface area contributed by atoms with Gasteiger partial charge in [-0.15, -0.1) is 0 Å². The van der Waals surface area contributed by atoms with Crippen molar-refractivity contribution < 1.29 is 4.79 Å². The van der Waals surface area contributed by atoms with Crippen LogP contribution in [-0.2, 0) is 4.79 Å². The summed E-state index contributed by atoms with van der Waals surface area (Å²) in [5, 5.41) is 3.15. The van der Waals surface area contributed by atoms with Crippen molar-refractivity contribution in [3.8, 4) is 0 Å². The summed E-state index contributed by atoms with van der Waals surface area (Å²) < 4.78 is 0. The first-order valence-electron chi connectivity index (χ1n) is 4.93. The lowest BCUT2D eigenvalue weighted by molar-refractivity contribution is -0.112. The van der Waals surface area contributed by atoms with Gasteiger partial charge in [0.05, 0.1) is 5.52 Å². The van der Waals surface area contributed by atoms with Gasteiger partial charge in [-0.1, -0.05) is 24.3 Å². The normalized spacial score (nSPS) is 14.3. The first kappa shape index (κ1) is 8.36. The van der Waals surface area contributed by atoms with Crippen LogP contribution >= 0.6 is 0 Å². The third-order valence-corrected chi connectivity index (χ3v) is 2.68. The number of hydrogen-bond donors (Lipinski definition) is 0. The molecule has 0 bridgehead atoms. The molecule has 0 spiro atoms. The summed E-state index contributed by atoms with van der Waals surface area (Å²) in [5.74, 6) is 0.153. The maximum Gasteiger partial charge on any atom is 0.160 e. The van der Waals surface area contributed by atoms with E-state index in [2.05, 4.69) is 4.98 Å². The van der Waals surface area contributed by atoms with Crippen LogP contribution in [0, 0.1) is 0 Å². The molecule has 0 atom stereocenters. The molecule has 0 aliphatic heterocycles. The van der Waals surface area contributed by atoms with Gasteiger partial charge in [0.2, 0.25) is 0 Å². The smallest absolute Gasteiger partial charge is 0.160 e. The van der Waals surface area contributed by atoms with Crippen LogP contribution in [0.25, 0.3) is 23.1 Å². The Kier molecular flexibility index (Phi) is 1.68. The number of aromatic nitrogens is 1. The van der Waals surface area contributed by atoms with Gasteiger partial charge in [0, 0.05) is 23.2 Å². The number of pyridine rings is 1. The van der Waals surface area contributed by atoms with Crippen molar-refractivity contribution >= 4 is 28.8 Å². The van der Waals surface area contributed by atoms with Gasteiger partial charge in [-0.3, -0.25) is 9.78 Å². The Morgan fingerprint density at radius 2 is 2.13 bits per heavy atom. The molecule has 0 amide bonds. The van der Waals surface area contributed by atoms with Crippen LogP contribution in [-0.4, -0.2) is 10.8 Å². The van der Waals surface area contributed by atoms with Gasteiger partial charge >= 0.3 is 0 Å². The first-order chi connectivity index (χ1) is 7.34. The number of carbonyl (C=O) groups is 1. The Morgan fingerprint density at radius 1 is 1.20 bits per heavy atom. The van der Waals surface area contributed by atoms with Crippen molar-refractivity contribution in [3.63, 3.8) is 0 Å². The van der Waals surface area contributed by atoms with Crippen LogP contribution in [0.3, 0.4) is 0 Å². The Labute approximate surface area is 86.6 Å². The molecule has 2 heteroatoms. The van der Waals surface area contributed by atoms with Gasteiger partial charge in [0.15, 0.2) is 5.78 Å². The van der Waals surface area contributed by atoms with Crippen LogP contribution in [0.5, 0.6) is 0 Å². The van der Waals surface area contributed by atoms with E-state index < -0.39 is 0 Å². The van der Waals surface area contributed by atoms with Crippen LogP contribution in [0.1, 0.15) is 6.42 Å². The highest BCUT2D eigenvalue weighted by Gasteiger charge is 2.04. The number of Topliss-reactive ketones (excluding diaryl/α,β-unsaturated/α-hetero) is 1. The van der Waals surface area contributed by atoms with Crippen molar-refractivity contribution in [2.75, 3.05) is 0 Å². The molecule has 0 unspecified atom stereocenters. The van der Waals surface area contributed by atoms with E-state index in [0.717, 1.165) is 21.3 Å². The Morgan fingerprint density at radius 3 is 3.07 bits per heavy atom. The van der Waals surface area contributed by atoms with E-state index in [1.54, 1.807) is 12.3 Å². The van der Waals surface area contributed by atoms with E-state index in [1.807, 2.05) is 30.3 Å². The summed E-state index contributed by atoms with van der Waals surface area (Å²) >= 11 is 0. The van der Waals surface area contributed by atoms with Crippen LogP contribution < -0.4 is 10.4 Å². The topological polar surface area (TPSA) is 30.0 Å². The Hall–Kier alpha value is -1.96. The van der Waals surface area contributed by atoms with E-state index in [4.69, 9.17) is 0 Å². The van der Waals surface area contributed by atoms with Crippen LogP contribution in [0.15, 0.2) is 30.5 Å². The van der Waals surface area contributed by atoms with Gasteiger partial charge in [-0.2, -0.15) is 0 Å². The fraction of sp³-hybridized carbons (Fsp3) is 0.0769. The van der Waals surface area contributed by atoms with Crippen molar-refractivity contribution in [3.05, 3.63) is 40.9 Å². The summed E-state index contributed by atoms with van der Waals surface area (Å²) in [6.07, 6.45) is 5.93. The standard InChI is InChI=1S/C13H9NO/c15-11-6-5-9-3-4-10-2-1-7-14-13(10)12(9)8-11/h1-5,7-8H,6H2. The zero-order chi connectivity index (χ0) is 10.3. The maximum absolute atomic E-state index is 11.4. The predicted molar refractivity (Wildman–Crippen MR) is 59.5 cm³/mol. The highest BCUT2D eigenvalue weighted by atomic mass is 16.1. The molecule has 1 aliphatic carbocycles. The number of hydrogen-bond acceptors (Lipinski definition) is 2. The summed E-state index contributed by atoms with van der Waals surface area (Å²) in [6.45, 7) is 0. The lowest BCUT2D eigenvalue weighted by atomic mass is 10.0. The molecule has 15 heavy (non-hydrogen) atoms. The zero-order valence-corrected chi connectivity index (χ0v) is 8.10. The quantitative estimate of drug-likeness (QED) is 0.621.